The number of benzene rings is 1. The third-order valence-corrected chi connectivity index (χ3v) is 1.80. The van der Waals surface area contributed by atoms with Crippen LogP contribution in [-0.2, 0) is 6.42 Å². The number of nitrogens with zero attached hydrogens (tertiary/aromatic N) is 1. The molecule has 3 nitrogen and oxygen atoms in total. The SMILES string of the molecule is C=Cc1ccc(CC[N+](=O)[O-])cc1. The second-order valence-electron chi connectivity index (χ2n) is 2.75. The zero-order valence-electron chi connectivity index (χ0n) is 7.27. The van der Waals surface area contributed by atoms with Crippen LogP contribution < -0.4 is 0 Å². The van der Waals surface area contributed by atoms with Crippen LogP contribution in [-0.4, -0.2) is 11.5 Å². The highest BCUT2D eigenvalue weighted by molar-refractivity contribution is 5.47. The van der Waals surface area contributed by atoms with Crippen LogP contribution in [0.1, 0.15) is 11.1 Å². The maximum atomic E-state index is 10.1. The molecular weight excluding hydrogens is 166 g/mol. The monoisotopic (exact) mass is 177 g/mol. The largest absolute Gasteiger partial charge is 0.265 e. The minimum absolute atomic E-state index is 0.00651. The summed E-state index contributed by atoms with van der Waals surface area (Å²) in [6.07, 6.45) is 2.24. The van der Waals surface area contributed by atoms with Crippen molar-refractivity contribution in [3.63, 3.8) is 0 Å². The van der Waals surface area contributed by atoms with E-state index in [0.29, 0.717) is 6.42 Å². The van der Waals surface area contributed by atoms with Crippen LogP contribution in [0.25, 0.3) is 6.08 Å². The Morgan fingerprint density at radius 2 is 2.00 bits per heavy atom. The molecule has 13 heavy (non-hydrogen) atoms. The predicted octanol–water partition coefficient (Wildman–Crippen LogP) is 2.15. The molecule has 1 aromatic rings. The Hall–Kier alpha value is -1.64. The summed E-state index contributed by atoms with van der Waals surface area (Å²) in [6, 6.07) is 7.59. The van der Waals surface area contributed by atoms with Crippen LogP contribution in [0.2, 0.25) is 0 Å². The molecule has 0 fully saturated rings. The fraction of sp³-hybridized carbons (Fsp3) is 0.200. The number of nitro groups is 1. The van der Waals surface area contributed by atoms with Gasteiger partial charge in [-0.25, -0.2) is 0 Å². The minimum Gasteiger partial charge on any atom is -0.265 e. The third kappa shape index (κ3) is 3.07. The topological polar surface area (TPSA) is 43.1 Å². The first-order chi connectivity index (χ1) is 6.22. The lowest BCUT2D eigenvalue weighted by molar-refractivity contribution is -0.479. The van der Waals surface area contributed by atoms with E-state index in [1.165, 1.54) is 0 Å². The summed E-state index contributed by atoms with van der Waals surface area (Å²) >= 11 is 0. The van der Waals surface area contributed by atoms with Crippen molar-refractivity contribution >= 4 is 6.08 Å². The molecule has 0 amide bonds. The van der Waals surface area contributed by atoms with Crippen molar-refractivity contribution in [2.45, 2.75) is 6.42 Å². The Labute approximate surface area is 76.9 Å². The molecule has 1 rings (SSSR count). The Bertz CT molecular complexity index is 303. The van der Waals surface area contributed by atoms with Crippen molar-refractivity contribution in [3.05, 3.63) is 52.1 Å². The van der Waals surface area contributed by atoms with Gasteiger partial charge in [0.25, 0.3) is 0 Å². The highest BCUT2D eigenvalue weighted by Gasteiger charge is 1.98. The molecule has 0 saturated carbocycles. The molecule has 0 heterocycles. The standard InChI is InChI=1S/C10H11NO2/c1-2-9-3-5-10(6-4-9)7-8-11(12)13/h2-6H,1,7-8H2. The zero-order chi connectivity index (χ0) is 9.68. The van der Waals surface area contributed by atoms with Crippen LogP contribution in [0, 0.1) is 10.1 Å². The van der Waals surface area contributed by atoms with Crippen LogP contribution >= 0.6 is 0 Å². The number of hydrogen-bond acceptors (Lipinski definition) is 2. The Balaban J connectivity index is 2.59. The lowest BCUT2D eigenvalue weighted by atomic mass is 10.1. The van der Waals surface area contributed by atoms with Crippen molar-refractivity contribution in [1.82, 2.24) is 0 Å². The summed E-state index contributed by atoms with van der Waals surface area (Å²) in [5, 5.41) is 10.1. The molecule has 0 atom stereocenters. The van der Waals surface area contributed by atoms with Gasteiger partial charge in [0.1, 0.15) is 0 Å². The molecule has 0 radical (unpaired) electrons. The van der Waals surface area contributed by atoms with Gasteiger partial charge < -0.3 is 0 Å². The fourth-order valence-electron chi connectivity index (χ4n) is 1.04. The molecule has 1 aromatic carbocycles. The van der Waals surface area contributed by atoms with Crippen molar-refractivity contribution in [2.75, 3.05) is 6.54 Å². The lowest BCUT2D eigenvalue weighted by Gasteiger charge is -1.97. The van der Waals surface area contributed by atoms with Gasteiger partial charge in [0.2, 0.25) is 6.54 Å². The number of hydrogen-bond donors (Lipinski definition) is 0. The summed E-state index contributed by atoms with van der Waals surface area (Å²) in [5.41, 5.74) is 2.02. The minimum atomic E-state index is -0.304. The number of rotatable bonds is 4. The van der Waals surface area contributed by atoms with Gasteiger partial charge in [-0.3, -0.25) is 10.1 Å². The van der Waals surface area contributed by atoms with Crippen LogP contribution in [0.4, 0.5) is 0 Å². The fourth-order valence-corrected chi connectivity index (χ4v) is 1.04. The molecule has 0 aliphatic rings. The van der Waals surface area contributed by atoms with Crippen LogP contribution in [0.3, 0.4) is 0 Å². The van der Waals surface area contributed by atoms with E-state index in [2.05, 4.69) is 6.58 Å². The van der Waals surface area contributed by atoms with Crippen LogP contribution in [0.5, 0.6) is 0 Å². The van der Waals surface area contributed by atoms with Gasteiger partial charge in [-0.05, 0) is 11.1 Å². The molecule has 3 heteroatoms. The normalized spacial score (nSPS) is 9.54. The molecule has 68 valence electrons. The van der Waals surface area contributed by atoms with E-state index in [1.807, 2.05) is 24.3 Å². The summed E-state index contributed by atoms with van der Waals surface area (Å²) in [6.45, 7) is 3.62. The quantitative estimate of drug-likeness (QED) is 0.522. The maximum absolute atomic E-state index is 10.1. The van der Waals surface area contributed by atoms with E-state index in [0.717, 1.165) is 11.1 Å². The van der Waals surface area contributed by atoms with E-state index in [-0.39, 0.29) is 11.5 Å². The van der Waals surface area contributed by atoms with E-state index >= 15 is 0 Å². The van der Waals surface area contributed by atoms with Gasteiger partial charge in [0.15, 0.2) is 0 Å². The Morgan fingerprint density at radius 3 is 2.46 bits per heavy atom. The Morgan fingerprint density at radius 1 is 1.38 bits per heavy atom. The van der Waals surface area contributed by atoms with E-state index in [9.17, 15) is 10.1 Å². The molecule has 0 aromatic heterocycles. The highest BCUT2D eigenvalue weighted by atomic mass is 16.6. The van der Waals surface area contributed by atoms with Gasteiger partial charge in [-0.1, -0.05) is 36.9 Å². The lowest BCUT2D eigenvalue weighted by Crippen LogP contribution is -2.03. The van der Waals surface area contributed by atoms with Gasteiger partial charge in [0, 0.05) is 11.3 Å². The average Bonchev–Trinajstić information content (AvgIpc) is 2.15. The summed E-state index contributed by atoms with van der Waals surface area (Å²) in [7, 11) is 0. The zero-order valence-corrected chi connectivity index (χ0v) is 7.27. The molecule has 0 aliphatic heterocycles. The first-order valence-corrected chi connectivity index (χ1v) is 4.05. The van der Waals surface area contributed by atoms with Crippen molar-refractivity contribution in [2.24, 2.45) is 0 Å². The van der Waals surface area contributed by atoms with E-state index < -0.39 is 0 Å². The van der Waals surface area contributed by atoms with E-state index in [1.54, 1.807) is 6.08 Å². The molecule has 0 N–H and O–H groups in total. The molecule has 0 unspecified atom stereocenters. The summed E-state index contributed by atoms with van der Waals surface area (Å²) in [4.78, 5) is 9.78. The smallest absolute Gasteiger partial charge is 0.207 e. The van der Waals surface area contributed by atoms with Gasteiger partial charge in [-0.15, -0.1) is 0 Å². The molecule has 0 bridgehead atoms. The van der Waals surface area contributed by atoms with Crippen LogP contribution in [0.15, 0.2) is 30.8 Å². The molecule has 0 spiro atoms. The van der Waals surface area contributed by atoms with Gasteiger partial charge >= 0.3 is 0 Å². The Kier molecular flexibility index (Phi) is 3.20. The van der Waals surface area contributed by atoms with Gasteiger partial charge in [-0.2, -0.15) is 0 Å². The summed E-state index contributed by atoms with van der Waals surface area (Å²) in [5.74, 6) is 0. The van der Waals surface area contributed by atoms with Crippen molar-refractivity contribution < 1.29 is 4.92 Å². The maximum Gasteiger partial charge on any atom is 0.207 e. The van der Waals surface area contributed by atoms with Gasteiger partial charge in [0.05, 0.1) is 0 Å². The van der Waals surface area contributed by atoms with Crippen molar-refractivity contribution in [1.29, 1.82) is 0 Å². The predicted molar refractivity (Wildman–Crippen MR) is 52.1 cm³/mol. The highest BCUT2D eigenvalue weighted by Crippen LogP contribution is 2.05. The second kappa shape index (κ2) is 4.40. The summed E-state index contributed by atoms with van der Waals surface area (Å²) < 4.78 is 0. The molecule has 0 aliphatic carbocycles. The first kappa shape index (κ1) is 9.45. The van der Waals surface area contributed by atoms with Crippen molar-refractivity contribution in [3.8, 4) is 0 Å². The third-order valence-electron chi connectivity index (χ3n) is 1.80. The average molecular weight is 177 g/mol. The molecule has 0 saturated heterocycles. The molecular formula is C10H11NO2. The second-order valence-corrected chi connectivity index (χ2v) is 2.75. The first-order valence-electron chi connectivity index (χ1n) is 4.05. The van der Waals surface area contributed by atoms with E-state index in [4.69, 9.17) is 0 Å².